The van der Waals surface area contributed by atoms with Crippen LogP contribution >= 0.6 is 0 Å². The summed E-state index contributed by atoms with van der Waals surface area (Å²) >= 11 is 0. The van der Waals surface area contributed by atoms with Crippen molar-refractivity contribution in [3.8, 4) is 0 Å². The van der Waals surface area contributed by atoms with Gasteiger partial charge in [0.1, 0.15) is 13.2 Å². The van der Waals surface area contributed by atoms with Crippen LogP contribution in [0.4, 0.5) is 0 Å². The predicted molar refractivity (Wildman–Crippen MR) is 362 cm³/mol. The first kappa shape index (κ1) is 79.1. The molecule has 6 heteroatoms. The van der Waals surface area contributed by atoms with Crippen LogP contribution in [0.25, 0.3) is 0 Å². The Kier molecular flexibility index (Phi) is 67.2. The molecule has 6 nitrogen and oxygen atoms in total. The monoisotopic (exact) mass is 1150 g/mol. The smallest absolute Gasteiger partial charge is 0.306 e. The van der Waals surface area contributed by atoms with Crippen LogP contribution in [-0.4, -0.2) is 37.2 Å². The Balaban J connectivity index is 4.27. The number of rotatable bonds is 64. The third kappa shape index (κ3) is 68.7. The van der Waals surface area contributed by atoms with Crippen molar-refractivity contribution in [2.24, 2.45) is 0 Å². The zero-order valence-electron chi connectivity index (χ0n) is 54.7. The lowest BCUT2D eigenvalue weighted by molar-refractivity contribution is -0.167. The van der Waals surface area contributed by atoms with E-state index in [0.717, 1.165) is 116 Å². The van der Waals surface area contributed by atoms with Crippen molar-refractivity contribution in [2.75, 3.05) is 13.2 Å². The van der Waals surface area contributed by atoms with E-state index in [1.165, 1.54) is 186 Å². The molecule has 1 unspecified atom stereocenters. The van der Waals surface area contributed by atoms with Crippen LogP contribution in [0.5, 0.6) is 0 Å². The van der Waals surface area contributed by atoms with Gasteiger partial charge in [0, 0.05) is 19.3 Å². The van der Waals surface area contributed by atoms with Gasteiger partial charge in [-0.15, -0.1) is 0 Å². The number of ether oxygens (including phenoxy) is 3. The molecule has 0 bridgehead atoms. The molecule has 0 aliphatic rings. The van der Waals surface area contributed by atoms with E-state index in [0.29, 0.717) is 19.3 Å². The average Bonchev–Trinajstić information content (AvgIpc) is 3.48. The molecule has 1 atom stereocenters. The molecule has 0 aromatic rings. The van der Waals surface area contributed by atoms with Gasteiger partial charge in [-0.25, -0.2) is 0 Å². The average molecular weight is 1150 g/mol. The van der Waals surface area contributed by atoms with Gasteiger partial charge < -0.3 is 14.2 Å². The molecule has 0 aliphatic carbocycles. The highest BCUT2D eigenvalue weighted by molar-refractivity contribution is 5.71. The number of unbranched alkanes of at least 4 members (excludes halogenated alkanes) is 35. The molecular formula is C77H132O6. The van der Waals surface area contributed by atoms with Crippen molar-refractivity contribution in [1.82, 2.24) is 0 Å². The summed E-state index contributed by atoms with van der Waals surface area (Å²) in [5.74, 6) is -0.893. The molecule has 0 saturated carbocycles. The van der Waals surface area contributed by atoms with Gasteiger partial charge in [0.05, 0.1) is 0 Å². The summed E-state index contributed by atoms with van der Waals surface area (Å²) in [4.78, 5) is 38.4. The van der Waals surface area contributed by atoms with Crippen molar-refractivity contribution in [3.05, 3.63) is 109 Å². The van der Waals surface area contributed by atoms with Gasteiger partial charge in [-0.2, -0.15) is 0 Å². The summed E-state index contributed by atoms with van der Waals surface area (Å²) in [5, 5.41) is 0. The molecular weight excluding hydrogens is 1020 g/mol. The molecule has 0 N–H and O–H groups in total. The van der Waals surface area contributed by atoms with E-state index in [2.05, 4.69) is 130 Å². The molecule has 0 rings (SSSR count). The number of hydrogen-bond donors (Lipinski definition) is 0. The largest absolute Gasteiger partial charge is 0.462 e. The van der Waals surface area contributed by atoms with Crippen LogP contribution < -0.4 is 0 Å². The first-order valence-corrected chi connectivity index (χ1v) is 35.4. The standard InChI is InChI=1S/C77H132O6/c1-4-7-10-13-16-19-22-24-26-28-30-32-34-36-37-38-39-41-42-44-46-48-50-52-55-58-61-64-67-70-76(79)82-73-74(72-81-75(78)69-66-63-60-57-54-21-18-15-12-9-6-3)83-77(80)71-68-65-62-59-56-53-51-49-47-45-43-40-35-33-31-29-27-25-23-20-17-14-11-8-5-2/h7,10,15-16,18-19,24,26,29-32,36-37,39,41,44,46,74H,4-6,8-9,11-14,17,20-23,25,27-28,33-35,38,40,42-43,45,47-73H2,1-3H3/b10-7-,18-15-,19-16-,26-24-,31-29-,32-30-,37-36-,41-39-,46-44-. The molecule has 83 heavy (non-hydrogen) atoms. The Hall–Kier alpha value is -3.93. The Morgan fingerprint density at radius 1 is 0.253 bits per heavy atom. The number of carbonyl (C=O) groups excluding carboxylic acids is 3. The predicted octanol–water partition coefficient (Wildman–Crippen LogP) is 24.6. The highest BCUT2D eigenvalue weighted by Gasteiger charge is 2.19. The van der Waals surface area contributed by atoms with E-state index in [-0.39, 0.29) is 31.1 Å². The fourth-order valence-corrected chi connectivity index (χ4v) is 9.93. The topological polar surface area (TPSA) is 78.9 Å². The minimum atomic E-state index is -0.788. The third-order valence-electron chi connectivity index (χ3n) is 15.2. The zero-order valence-corrected chi connectivity index (χ0v) is 54.7. The van der Waals surface area contributed by atoms with Gasteiger partial charge in [0.2, 0.25) is 0 Å². The Bertz CT molecular complexity index is 1660. The first-order valence-electron chi connectivity index (χ1n) is 35.4. The number of allylic oxidation sites excluding steroid dienone is 18. The van der Waals surface area contributed by atoms with Gasteiger partial charge in [-0.1, -0.05) is 310 Å². The molecule has 476 valence electrons. The van der Waals surface area contributed by atoms with Crippen LogP contribution in [-0.2, 0) is 28.6 Å². The molecule has 0 heterocycles. The summed E-state index contributed by atoms with van der Waals surface area (Å²) in [6, 6.07) is 0. The van der Waals surface area contributed by atoms with Crippen LogP contribution in [0.2, 0.25) is 0 Å². The van der Waals surface area contributed by atoms with E-state index < -0.39 is 6.10 Å². The van der Waals surface area contributed by atoms with E-state index in [1.807, 2.05) is 0 Å². The molecule has 0 amide bonds. The quantitative estimate of drug-likeness (QED) is 0.0261. The molecule has 0 fully saturated rings. The number of carbonyl (C=O) groups is 3. The second-order valence-electron chi connectivity index (χ2n) is 23.4. The summed E-state index contributed by atoms with van der Waals surface area (Å²) < 4.78 is 16.9. The maximum atomic E-state index is 12.9. The summed E-state index contributed by atoms with van der Waals surface area (Å²) in [5.41, 5.74) is 0. The second-order valence-corrected chi connectivity index (χ2v) is 23.4. The number of hydrogen-bond acceptors (Lipinski definition) is 6. The van der Waals surface area contributed by atoms with E-state index in [4.69, 9.17) is 14.2 Å². The highest BCUT2D eigenvalue weighted by Crippen LogP contribution is 2.17. The van der Waals surface area contributed by atoms with Crippen LogP contribution in [0.3, 0.4) is 0 Å². The van der Waals surface area contributed by atoms with Gasteiger partial charge >= 0.3 is 17.9 Å². The van der Waals surface area contributed by atoms with Crippen molar-refractivity contribution < 1.29 is 28.6 Å². The van der Waals surface area contributed by atoms with Crippen molar-refractivity contribution in [2.45, 2.75) is 348 Å². The Morgan fingerprint density at radius 3 is 0.783 bits per heavy atom. The van der Waals surface area contributed by atoms with Gasteiger partial charge in [-0.05, 0) is 122 Å². The van der Waals surface area contributed by atoms with E-state index in [1.54, 1.807) is 0 Å². The normalized spacial score (nSPS) is 12.8. The first-order chi connectivity index (χ1) is 41.0. The van der Waals surface area contributed by atoms with E-state index >= 15 is 0 Å². The SMILES string of the molecule is CC/C=C\C/C=C\C/C=C\C/C=C\C/C=C\C/C=C\C/C=C\CCCCCCCCCC(=O)OCC(COC(=O)CCCCCCC/C=C\CCCC)OC(=O)CCCCCCCCCCCCCCC/C=C\CCCCCCCCCC. The highest BCUT2D eigenvalue weighted by atomic mass is 16.6. The van der Waals surface area contributed by atoms with Crippen LogP contribution in [0.1, 0.15) is 342 Å². The fourth-order valence-electron chi connectivity index (χ4n) is 9.93. The fraction of sp³-hybridized carbons (Fsp3) is 0.727. The minimum absolute atomic E-state index is 0.0848. The second kappa shape index (κ2) is 70.6. The molecule has 0 aliphatic heterocycles. The maximum Gasteiger partial charge on any atom is 0.306 e. The Labute approximate surface area is 514 Å². The third-order valence-corrected chi connectivity index (χ3v) is 15.2. The maximum absolute atomic E-state index is 12.9. The van der Waals surface area contributed by atoms with E-state index in [9.17, 15) is 14.4 Å². The minimum Gasteiger partial charge on any atom is -0.462 e. The molecule has 0 saturated heterocycles. The van der Waals surface area contributed by atoms with Gasteiger partial charge in [0.15, 0.2) is 6.10 Å². The van der Waals surface area contributed by atoms with Gasteiger partial charge in [-0.3, -0.25) is 14.4 Å². The van der Waals surface area contributed by atoms with Crippen molar-refractivity contribution in [1.29, 1.82) is 0 Å². The Morgan fingerprint density at radius 2 is 0.482 bits per heavy atom. The molecule has 0 spiro atoms. The van der Waals surface area contributed by atoms with Crippen LogP contribution in [0, 0.1) is 0 Å². The molecule has 0 aromatic heterocycles. The van der Waals surface area contributed by atoms with Gasteiger partial charge in [0.25, 0.3) is 0 Å². The summed E-state index contributed by atoms with van der Waals surface area (Å²) in [7, 11) is 0. The lowest BCUT2D eigenvalue weighted by Crippen LogP contribution is -2.30. The van der Waals surface area contributed by atoms with Crippen molar-refractivity contribution in [3.63, 3.8) is 0 Å². The zero-order chi connectivity index (χ0) is 59.9. The molecule has 0 radical (unpaired) electrons. The lowest BCUT2D eigenvalue weighted by atomic mass is 10.0. The molecule has 0 aromatic carbocycles. The van der Waals surface area contributed by atoms with Crippen LogP contribution in [0.15, 0.2) is 109 Å². The van der Waals surface area contributed by atoms with Crippen molar-refractivity contribution >= 4 is 17.9 Å². The summed E-state index contributed by atoms with van der Waals surface area (Å²) in [6.45, 7) is 6.50. The summed E-state index contributed by atoms with van der Waals surface area (Å²) in [6.07, 6.45) is 96.9. The lowest BCUT2D eigenvalue weighted by Gasteiger charge is -2.18. The number of esters is 3.